The molecule has 4 aromatic rings. The molecule has 1 unspecified atom stereocenters. The van der Waals surface area contributed by atoms with E-state index >= 15 is 0 Å². The number of carboxylic acids is 1. The smallest absolute Gasteiger partial charge is 0.335 e. The number of aromatic nitrogens is 3. The summed E-state index contributed by atoms with van der Waals surface area (Å²) in [5.41, 5.74) is 1.69. The molecule has 2 N–H and O–H groups in total. The van der Waals surface area contributed by atoms with E-state index in [1.54, 1.807) is 18.2 Å². The van der Waals surface area contributed by atoms with Gasteiger partial charge in [-0.15, -0.1) is 5.10 Å². The zero-order valence-electron chi connectivity index (χ0n) is 21.9. The largest absolute Gasteiger partial charge is 0.485 e. The maximum absolute atomic E-state index is 14.6. The summed E-state index contributed by atoms with van der Waals surface area (Å²) in [6.07, 6.45) is 1.58. The van der Waals surface area contributed by atoms with Crippen LogP contribution in [0.15, 0.2) is 66.9 Å². The molecule has 0 bridgehead atoms. The highest BCUT2D eigenvalue weighted by Crippen LogP contribution is 2.37. The van der Waals surface area contributed by atoms with Crippen molar-refractivity contribution < 1.29 is 33.4 Å². The third-order valence-electron chi connectivity index (χ3n) is 7.08. The molecule has 6 rings (SSSR count). The Morgan fingerprint density at radius 1 is 1.07 bits per heavy atom. The lowest BCUT2D eigenvalue weighted by atomic mass is 9.90. The van der Waals surface area contributed by atoms with Crippen LogP contribution in [-0.4, -0.2) is 68.6 Å². The van der Waals surface area contributed by atoms with Gasteiger partial charge in [0, 0.05) is 17.8 Å². The molecule has 0 saturated carbocycles. The van der Waals surface area contributed by atoms with Crippen molar-refractivity contribution in [2.75, 3.05) is 25.1 Å². The predicted octanol–water partition coefficient (Wildman–Crippen LogP) is 3.91. The van der Waals surface area contributed by atoms with E-state index in [0.29, 0.717) is 36.6 Å². The Kier molecular flexibility index (Phi) is 7.31. The average Bonchev–Trinajstić information content (AvgIpc) is 3.45. The van der Waals surface area contributed by atoms with Crippen molar-refractivity contribution in [2.24, 2.45) is 0 Å². The van der Waals surface area contributed by atoms with Crippen LogP contribution in [0.5, 0.6) is 5.75 Å². The second-order valence-corrected chi connectivity index (χ2v) is 10.2. The van der Waals surface area contributed by atoms with Crippen molar-refractivity contribution in [2.45, 2.75) is 18.6 Å². The highest BCUT2D eigenvalue weighted by atomic mass is 35.5. The van der Waals surface area contributed by atoms with Gasteiger partial charge in [0.2, 0.25) is 0 Å². The second-order valence-electron chi connectivity index (χ2n) is 9.75. The van der Waals surface area contributed by atoms with E-state index in [9.17, 15) is 23.9 Å². The summed E-state index contributed by atoms with van der Waals surface area (Å²) in [5, 5.41) is 19.8. The van der Waals surface area contributed by atoms with Crippen LogP contribution in [0.3, 0.4) is 0 Å². The first-order valence-corrected chi connectivity index (χ1v) is 13.4. The number of carbonyl (C=O) groups is 3. The molecule has 2 aliphatic heterocycles. The highest BCUT2D eigenvalue weighted by Gasteiger charge is 2.39. The Morgan fingerprint density at radius 2 is 1.83 bits per heavy atom. The number of anilines is 1. The first-order chi connectivity index (χ1) is 20.3. The molecule has 2 amide bonds. The monoisotopic (exact) mass is 591 g/mol. The highest BCUT2D eigenvalue weighted by molar-refractivity contribution is 6.30. The van der Waals surface area contributed by atoms with Gasteiger partial charge in [0.05, 0.1) is 30.0 Å². The minimum atomic E-state index is -1.10. The molecule has 0 spiro atoms. The Bertz CT molecular complexity index is 1690. The number of benzene rings is 3. The van der Waals surface area contributed by atoms with Crippen molar-refractivity contribution in [3.8, 4) is 11.4 Å². The Balaban J connectivity index is 1.34. The average molecular weight is 592 g/mol. The van der Waals surface area contributed by atoms with Crippen LogP contribution >= 0.6 is 11.6 Å². The van der Waals surface area contributed by atoms with Gasteiger partial charge >= 0.3 is 5.97 Å². The minimum Gasteiger partial charge on any atom is -0.485 e. The van der Waals surface area contributed by atoms with E-state index in [4.69, 9.17) is 21.1 Å². The van der Waals surface area contributed by atoms with Gasteiger partial charge in [-0.2, -0.15) is 0 Å². The van der Waals surface area contributed by atoms with Crippen molar-refractivity contribution >= 4 is 35.1 Å². The molecule has 1 aromatic heterocycles. The van der Waals surface area contributed by atoms with Gasteiger partial charge in [0.15, 0.2) is 11.5 Å². The minimum absolute atomic E-state index is 0.0129. The summed E-state index contributed by atoms with van der Waals surface area (Å²) in [7, 11) is 0. The number of ether oxygens (including phenoxy) is 2. The van der Waals surface area contributed by atoms with Gasteiger partial charge in [0.1, 0.15) is 23.6 Å². The van der Waals surface area contributed by atoms with Gasteiger partial charge in [-0.25, -0.2) is 13.9 Å². The summed E-state index contributed by atoms with van der Waals surface area (Å²) in [6.45, 7) is 1.09. The summed E-state index contributed by atoms with van der Waals surface area (Å²) in [5.74, 6) is -2.32. The topological polar surface area (TPSA) is 136 Å². The van der Waals surface area contributed by atoms with Crippen LogP contribution in [0.1, 0.15) is 38.0 Å². The van der Waals surface area contributed by atoms with Crippen molar-refractivity contribution in [3.05, 3.63) is 100 Å². The lowest BCUT2D eigenvalue weighted by Gasteiger charge is -2.37. The van der Waals surface area contributed by atoms with Gasteiger partial charge in [-0.3, -0.25) is 9.59 Å². The van der Waals surface area contributed by atoms with Crippen molar-refractivity contribution in [1.29, 1.82) is 0 Å². The molecular weight excluding hydrogens is 569 g/mol. The fraction of sp³-hybridized carbons (Fsp3) is 0.207. The van der Waals surface area contributed by atoms with E-state index in [2.05, 4.69) is 15.6 Å². The van der Waals surface area contributed by atoms with Gasteiger partial charge in [-0.05, 0) is 54.4 Å². The zero-order chi connectivity index (χ0) is 29.4. The molecule has 214 valence electrons. The van der Waals surface area contributed by atoms with E-state index in [-0.39, 0.29) is 34.6 Å². The number of carboxylic acid groups (broad SMARTS) is 1. The van der Waals surface area contributed by atoms with Crippen LogP contribution in [0.4, 0.5) is 10.1 Å². The number of rotatable bonds is 7. The van der Waals surface area contributed by atoms with E-state index in [0.717, 1.165) is 10.2 Å². The molecule has 13 heteroatoms. The third kappa shape index (κ3) is 5.17. The standard InChI is InChI=1S/C29H23ClFN5O6/c30-21-4-2-5-23(25(21)31)36-13-22(33-34-36)28(38)35-12-11-19-20(3-1-6-24(19)42-18-14-41-15-18)26(35)27(37)32-17-9-7-16(8-10-17)29(39)40/h1-10,13,18,26H,11-12,14-15H2,(H,32,37)(H,39,40). The summed E-state index contributed by atoms with van der Waals surface area (Å²) < 4.78 is 27.0. The first kappa shape index (κ1) is 27.4. The number of halogens is 2. The first-order valence-electron chi connectivity index (χ1n) is 13.0. The second kappa shape index (κ2) is 11.2. The number of carbonyl (C=O) groups excluding carboxylic acids is 2. The molecule has 0 aliphatic carbocycles. The molecule has 1 saturated heterocycles. The number of hydrogen-bond donors (Lipinski definition) is 2. The quantitative estimate of drug-likeness (QED) is 0.330. The summed E-state index contributed by atoms with van der Waals surface area (Å²) in [6, 6.07) is 14.3. The number of nitrogens with zero attached hydrogens (tertiary/aromatic N) is 4. The van der Waals surface area contributed by atoms with E-state index in [1.807, 2.05) is 6.07 Å². The molecule has 1 fully saturated rings. The van der Waals surface area contributed by atoms with E-state index < -0.39 is 29.6 Å². The lowest BCUT2D eigenvalue weighted by molar-refractivity contribution is -0.121. The number of hydrogen-bond acceptors (Lipinski definition) is 7. The van der Waals surface area contributed by atoms with Crippen molar-refractivity contribution in [3.63, 3.8) is 0 Å². The molecule has 2 aliphatic rings. The maximum Gasteiger partial charge on any atom is 0.335 e. The maximum atomic E-state index is 14.6. The molecular formula is C29H23ClFN5O6. The van der Waals surface area contributed by atoms with E-state index in [1.165, 1.54) is 47.5 Å². The lowest BCUT2D eigenvalue weighted by Crippen LogP contribution is -2.46. The summed E-state index contributed by atoms with van der Waals surface area (Å²) >= 11 is 5.90. The zero-order valence-corrected chi connectivity index (χ0v) is 22.6. The van der Waals surface area contributed by atoms with Crippen LogP contribution in [0.25, 0.3) is 5.69 Å². The molecule has 3 aromatic carbocycles. The molecule has 0 radical (unpaired) electrons. The number of nitrogens with one attached hydrogen (secondary N) is 1. The molecule has 1 atom stereocenters. The number of aromatic carboxylic acids is 1. The van der Waals surface area contributed by atoms with Crippen LogP contribution in [0.2, 0.25) is 5.02 Å². The number of amides is 2. The SMILES string of the molecule is O=C(O)c1ccc(NC(=O)C2c3cccc(OC4COC4)c3CCN2C(=O)c2cn(-c3cccc(Cl)c3F)nn2)cc1. The number of fused-ring (bicyclic) bond motifs is 1. The van der Waals surface area contributed by atoms with Gasteiger partial charge < -0.3 is 24.8 Å². The van der Waals surface area contributed by atoms with Crippen LogP contribution in [0, 0.1) is 5.82 Å². The fourth-order valence-electron chi connectivity index (χ4n) is 4.91. The normalized spacial score (nSPS) is 16.3. The Hall–Kier alpha value is -4.81. The molecule has 3 heterocycles. The summed E-state index contributed by atoms with van der Waals surface area (Å²) in [4.78, 5) is 40.2. The fourth-order valence-corrected chi connectivity index (χ4v) is 5.08. The van der Waals surface area contributed by atoms with Crippen molar-refractivity contribution in [1.82, 2.24) is 19.9 Å². The van der Waals surface area contributed by atoms with Crippen LogP contribution in [-0.2, 0) is 16.0 Å². The Labute approximate surface area is 243 Å². The third-order valence-corrected chi connectivity index (χ3v) is 7.37. The molecule has 42 heavy (non-hydrogen) atoms. The predicted molar refractivity (Wildman–Crippen MR) is 148 cm³/mol. The van der Waals surface area contributed by atoms with Gasteiger partial charge in [0.25, 0.3) is 11.8 Å². The van der Waals surface area contributed by atoms with Gasteiger partial charge in [-0.1, -0.05) is 35.0 Å². The van der Waals surface area contributed by atoms with Crippen LogP contribution < -0.4 is 10.1 Å². The Morgan fingerprint density at radius 3 is 2.55 bits per heavy atom. The molecule has 11 nitrogen and oxygen atoms in total.